The minimum Gasteiger partial charge on any atom is -0.496 e. The van der Waals surface area contributed by atoms with Crippen LogP contribution in [-0.2, 0) is 17.6 Å². The smallest absolute Gasteiger partial charge is 0.254 e. The Morgan fingerprint density at radius 1 is 1.28 bits per heavy atom. The lowest BCUT2D eigenvalue weighted by Gasteiger charge is -2.27. The van der Waals surface area contributed by atoms with Gasteiger partial charge in [-0.3, -0.25) is 4.79 Å². The fourth-order valence-electron chi connectivity index (χ4n) is 3.71. The van der Waals surface area contributed by atoms with Gasteiger partial charge in [0.25, 0.3) is 5.91 Å². The van der Waals surface area contributed by atoms with E-state index in [2.05, 4.69) is 24.4 Å². The van der Waals surface area contributed by atoms with Crippen molar-refractivity contribution in [2.24, 2.45) is 0 Å². The summed E-state index contributed by atoms with van der Waals surface area (Å²) in [6, 6.07) is 5.61. The molecule has 1 saturated heterocycles. The lowest BCUT2D eigenvalue weighted by Crippen LogP contribution is -2.40. The second kappa shape index (κ2) is 8.61. The Balaban J connectivity index is 1.58. The van der Waals surface area contributed by atoms with E-state index >= 15 is 0 Å². The number of allylic oxidation sites excluding steroid dienone is 1. The third kappa shape index (κ3) is 4.10. The minimum atomic E-state index is 0.00689. The molecule has 2 aromatic rings. The van der Waals surface area contributed by atoms with E-state index in [0.717, 1.165) is 41.4 Å². The second-order valence-corrected chi connectivity index (χ2v) is 7.09. The molecule has 0 unspecified atom stereocenters. The van der Waals surface area contributed by atoms with Crippen LogP contribution in [0.25, 0.3) is 6.08 Å². The van der Waals surface area contributed by atoms with Crippen LogP contribution in [0.4, 0.5) is 5.82 Å². The maximum Gasteiger partial charge on any atom is 0.254 e. The van der Waals surface area contributed by atoms with Crippen molar-refractivity contribution >= 4 is 17.8 Å². The third-order valence-electron chi connectivity index (χ3n) is 5.19. The number of ether oxygens (including phenoxy) is 2. The number of methoxy groups -OCH3 is 1. The zero-order valence-corrected chi connectivity index (χ0v) is 16.9. The molecule has 7 nitrogen and oxygen atoms in total. The van der Waals surface area contributed by atoms with Crippen LogP contribution < -0.4 is 10.1 Å². The Kier molecular flexibility index (Phi) is 5.76. The molecule has 1 aliphatic carbocycles. The van der Waals surface area contributed by atoms with E-state index in [1.165, 1.54) is 0 Å². The second-order valence-electron chi connectivity index (χ2n) is 7.09. The first kappa shape index (κ1) is 19.4. The quantitative estimate of drug-likeness (QED) is 0.812. The molecule has 152 valence electrons. The van der Waals surface area contributed by atoms with Gasteiger partial charge in [0.15, 0.2) is 0 Å². The number of hydrogen-bond donors (Lipinski definition) is 1. The molecule has 1 aliphatic heterocycles. The number of carbonyl (C=O) groups is 1. The van der Waals surface area contributed by atoms with Crippen molar-refractivity contribution in [1.29, 1.82) is 0 Å². The highest BCUT2D eigenvalue weighted by molar-refractivity contribution is 5.94. The summed E-state index contributed by atoms with van der Waals surface area (Å²) in [5.41, 5.74) is 3.71. The normalized spacial score (nSPS) is 15.3. The Morgan fingerprint density at radius 2 is 2.10 bits per heavy atom. The molecule has 1 aromatic heterocycles. The van der Waals surface area contributed by atoms with Crippen molar-refractivity contribution in [1.82, 2.24) is 14.9 Å². The van der Waals surface area contributed by atoms with Crippen LogP contribution in [0.1, 0.15) is 39.9 Å². The van der Waals surface area contributed by atoms with Gasteiger partial charge in [-0.15, -0.1) is 0 Å². The molecule has 0 spiro atoms. The van der Waals surface area contributed by atoms with E-state index in [-0.39, 0.29) is 5.91 Å². The fraction of sp³-hybridized carbons (Fsp3) is 0.409. The molecule has 0 radical (unpaired) electrons. The van der Waals surface area contributed by atoms with Gasteiger partial charge in [0.1, 0.15) is 17.4 Å². The van der Waals surface area contributed by atoms with E-state index in [0.29, 0.717) is 44.0 Å². The van der Waals surface area contributed by atoms with Crippen molar-refractivity contribution in [3.63, 3.8) is 0 Å². The molecule has 0 saturated carbocycles. The number of hydrogen-bond acceptors (Lipinski definition) is 6. The molecule has 1 amide bonds. The van der Waals surface area contributed by atoms with Gasteiger partial charge in [0.2, 0.25) is 0 Å². The van der Waals surface area contributed by atoms with Crippen molar-refractivity contribution in [3.05, 3.63) is 52.5 Å². The summed E-state index contributed by atoms with van der Waals surface area (Å²) in [7, 11) is 1.62. The maximum absolute atomic E-state index is 12.8. The molecule has 2 aliphatic rings. The first-order valence-electron chi connectivity index (χ1n) is 10.0. The lowest BCUT2D eigenvalue weighted by atomic mass is 10.1. The van der Waals surface area contributed by atoms with Crippen LogP contribution in [0.3, 0.4) is 0 Å². The Hall–Kier alpha value is -2.93. The molecular weight excluding hydrogens is 368 g/mol. The third-order valence-corrected chi connectivity index (χ3v) is 5.19. The van der Waals surface area contributed by atoms with Crippen molar-refractivity contribution in [2.45, 2.75) is 19.8 Å². The van der Waals surface area contributed by atoms with Gasteiger partial charge in [-0.25, -0.2) is 9.97 Å². The van der Waals surface area contributed by atoms with Crippen LogP contribution in [0.2, 0.25) is 0 Å². The Morgan fingerprint density at radius 3 is 2.86 bits per heavy atom. The summed E-state index contributed by atoms with van der Waals surface area (Å²) in [4.78, 5) is 24.0. The number of aromatic nitrogens is 2. The molecule has 7 heteroatoms. The van der Waals surface area contributed by atoms with Gasteiger partial charge < -0.3 is 19.7 Å². The molecule has 0 atom stereocenters. The van der Waals surface area contributed by atoms with Gasteiger partial charge in [0.05, 0.1) is 26.0 Å². The molecule has 1 fully saturated rings. The molecule has 2 heterocycles. The van der Waals surface area contributed by atoms with Gasteiger partial charge in [-0.1, -0.05) is 18.2 Å². The highest BCUT2D eigenvalue weighted by Gasteiger charge is 2.21. The van der Waals surface area contributed by atoms with Crippen LogP contribution in [-0.4, -0.2) is 60.7 Å². The fourth-order valence-corrected chi connectivity index (χ4v) is 3.71. The lowest BCUT2D eigenvalue weighted by molar-refractivity contribution is 0.0302. The molecule has 4 rings (SSSR count). The molecule has 1 aromatic carbocycles. The largest absolute Gasteiger partial charge is 0.496 e. The summed E-state index contributed by atoms with van der Waals surface area (Å²) < 4.78 is 10.9. The maximum atomic E-state index is 12.8. The van der Waals surface area contributed by atoms with Gasteiger partial charge in [0, 0.05) is 49.2 Å². The highest BCUT2D eigenvalue weighted by Crippen LogP contribution is 2.27. The van der Waals surface area contributed by atoms with E-state index in [9.17, 15) is 4.79 Å². The predicted octanol–water partition coefficient (Wildman–Crippen LogP) is 2.55. The Bertz CT molecular complexity index is 936. The SMILES string of the molecule is CCNc1nc(Cc2ccc(C(=O)N3CCOCC3)cc2OC)nc2c1C=CC2. The van der Waals surface area contributed by atoms with Crippen molar-refractivity contribution in [3.8, 4) is 5.75 Å². The zero-order valence-electron chi connectivity index (χ0n) is 16.9. The van der Waals surface area contributed by atoms with Crippen molar-refractivity contribution < 1.29 is 14.3 Å². The van der Waals surface area contributed by atoms with Crippen LogP contribution in [0.5, 0.6) is 5.75 Å². The molecule has 29 heavy (non-hydrogen) atoms. The summed E-state index contributed by atoms with van der Waals surface area (Å²) in [5, 5.41) is 3.33. The standard InChI is InChI=1S/C22H26N4O3/c1-3-23-21-17-5-4-6-18(17)24-20(25-21)14-15-7-8-16(13-19(15)28-2)22(27)26-9-11-29-12-10-26/h4-5,7-8,13H,3,6,9-12,14H2,1-2H3,(H,23,24,25). The molecular formula is C22H26N4O3. The number of rotatable bonds is 6. The summed E-state index contributed by atoms with van der Waals surface area (Å²) in [6.45, 7) is 5.26. The molecule has 0 bridgehead atoms. The number of nitrogens with zero attached hydrogens (tertiary/aromatic N) is 3. The van der Waals surface area contributed by atoms with E-state index in [1.807, 2.05) is 23.1 Å². The highest BCUT2D eigenvalue weighted by atomic mass is 16.5. The Labute approximate surface area is 170 Å². The average Bonchev–Trinajstić information content (AvgIpc) is 3.23. The molecule has 1 N–H and O–H groups in total. The number of anilines is 1. The van der Waals surface area contributed by atoms with Crippen molar-refractivity contribution in [2.75, 3.05) is 45.3 Å². The number of benzene rings is 1. The summed E-state index contributed by atoms with van der Waals surface area (Å²) in [6.07, 6.45) is 5.55. The number of morpholine rings is 1. The number of nitrogens with one attached hydrogen (secondary N) is 1. The zero-order chi connectivity index (χ0) is 20.2. The average molecular weight is 394 g/mol. The van der Waals surface area contributed by atoms with Gasteiger partial charge in [-0.2, -0.15) is 0 Å². The number of fused-ring (bicyclic) bond motifs is 1. The van der Waals surface area contributed by atoms with Gasteiger partial charge in [-0.05, 0) is 19.1 Å². The number of carbonyl (C=O) groups excluding carboxylic acids is 1. The van der Waals surface area contributed by atoms with E-state index < -0.39 is 0 Å². The first-order valence-corrected chi connectivity index (χ1v) is 10.0. The van der Waals surface area contributed by atoms with Crippen LogP contribution >= 0.6 is 0 Å². The predicted molar refractivity (Wildman–Crippen MR) is 111 cm³/mol. The minimum absolute atomic E-state index is 0.00689. The van der Waals surface area contributed by atoms with Crippen LogP contribution in [0.15, 0.2) is 24.3 Å². The topological polar surface area (TPSA) is 76.6 Å². The summed E-state index contributed by atoms with van der Waals surface area (Å²) in [5.74, 6) is 2.30. The van der Waals surface area contributed by atoms with Crippen LogP contribution in [0, 0.1) is 0 Å². The monoisotopic (exact) mass is 394 g/mol. The van der Waals surface area contributed by atoms with E-state index in [4.69, 9.17) is 19.4 Å². The first-order chi connectivity index (χ1) is 14.2. The number of amides is 1. The van der Waals surface area contributed by atoms with E-state index in [1.54, 1.807) is 7.11 Å². The van der Waals surface area contributed by atoms with Gasteiger partial charge >= 0.3 is 0 Å². The summed E-state index contributed by atoms with van der Waals surface area (Å²) >= 11 is 0.